The molecule has 0 aliphatic carbocycles. The Morgan fingerprint density at radius 3 is 2.19 bits per heavy atom. The Balaban J connectivity index is 1.57. The van der Waals surface area contributed by atoms with E-state index in [1.54, 1.807) is 29.7 Å². The molecule has 3 aromatic carbocycles. The molecule has 244 valence electrons. The van der Waals surface area contributed by atoms with Gasteiger partial charge in [-0.3, -0.25) is 14.4 Å². The van der Waals surface area contributed by atoms with E-state index >= 15 is 0 Å². The minimum atomic E-state index is -4.34. The Morgan fingerprint density at radius 1 is 0.894 bits per heavy atom. The summed E-state index contributed by atoms with van der Waals surface area (Å²) in [5.41, 5.74) is 12.2. The highest BCUT2D eigenvalue weighted by Gasteiger charge is 2.42. The van der Waals surface area contributed by atoms with Crippen molar-refractivity contribution >= 4 is 50.0 Å². The van der Waals surface area contributed by atoms with Crippen molar-refractivity contribution in [3.63, 3.8) is 0 Å². The van der Waals surface area contributed by atoms with Gasteiger partial charge < -0.3 is 15.6 Å². The van der Waals surface area contributed by atoms with Crippen molar-refractivity contribution in [2.45, 2.75) is 45.7 Å². The molecule has 0 bridgehead atoms. The molecule has 2 atom stereocenters. The van der Waals surface area contributed by atoms with Crippen molar-refractivity contribution in [3.8, 4) is 11.1 Å². The number of carbonyl (C=O) groups excluding carboxylic acids is 3. The van der Waals surface area contributed by atoms with Crippen LogP contribution in [0.1, 0.15) is 39.5 Å². The number of rotatable bonds is 12. The second-order valence-corrected chi connectivity index (χ2v) is 14.7. The van der Waals surface area contributed by atoms with Crippen LogP contribution in [0.15, 0.2) is 89.8 Å². The third-order valence-electron chi connectivity index (χ3n) is 8.36. The van der Waals surface area contributed by atoms with E-state index in [1.807, 2.05) is 85.3 Å². The second-order valence-electron chi connectivity index (χ2n) is 11.7. The second kappa shape index (κ2) is 13.9. The van der Waals surface area contributed by atoms with E-state index in [1.165, 1.54) is 18.9 Å². The fourth-order valence-electron chi connectivity index (χ4n) is 5.90. The van der Waals surface area contributed by atoms with Gasteiger partial charge in [0.2, 0.25) is 15.9 Å². The first kappa shape index (κ1) is 33.6. The third-order valence-corrected chi connectivity index (χ3v) is 10.8. The zero-order valence-electron chi connectivity index (χ0n) is 26.8. The molecule has 47 heavy (non-hydrogen) atoms. The van der Waals surface area contributed by atoms with E-state index in [9.17, 15) is 22.8 Å². The molecule has 0 aliphatic rings. The Labute approximate surface area is 279 Å². The number of aromatic nitrogens is 1. The molecule has 5 aromatic rings. The lowest BCUT2D eigenvalue weighted by Gasteiger charge is -2.35. The van der Waals surface area contributed by atoms with Crippen LogP contribution in [0.2, 0.25) is 0 Å². The molecule has 3 amide bonds. The van der Waals surface area contributed by atoms with Crippen LogP contribution in [0.3, 0.4) is 0 Å². The van der Waals surface area contributed by atoms with Crippen LogP contribution in [0.4, 0.5) is 0 Å². The number of primary amides is 1. The molecule has 2 heterocycles. The number of likely N-dealkylation sites (N-methyl/N-ethyl adjacent to an activating group) is 1. The average Bonchev–Trinajstić information content (AvgIpc) is 3.73. The molecule has 0 unspecified atom stereocenters. The zero-order chi connectivity index (χ0) is 33.9. The molecular weight excluding hydrogens is 633 g/mol. The van der Waals surface area contributed by atoms with Gasteiger partial charge in [0, 0.05) is 42.6 Å². The number of sulfonamides is 1. The topological polar surface area (TPSA) is 134 Å². The number of thiophene rings is 1. The molecule has 0 radical (unpaired) electrons. The first-order chi connectivity index (χ1) is 22.4. The number of nitrogens with one attached hydrogen (secondary N) is 1. The van der Waals surface area contributed by atoms with Crippen LogP contribution in [0, 0.1) is 13.8 Å². The number of carbonyl (C=O) groups is 3. The molecule has 11 heteroatoms. The van der Waals surface area contributed by atoms with Gasteiger partial charge in [-0.25, -0.2) is 12.7 Å². The van der Waals surface area contributed by atoms with Gasteiger partial charge in [-0.2, -0.15) is 11.3 Å². The van der Waals surface area contributed by atoms with Crippen molar-refractivity contribution < 1.29 is 22.8 Å². The maximum Gasteiger partial charge on any atom is 0.259 e. The molecule has 5 rings (SSSR count). The summed E-state index contributed by atoms with van der Waals surface area (Å²) in [7, 11) is -2.85. The summed E-state index contributed by atoms with van der Waals surface area (Å²) in [6, 6.07) is 19.6. The lowest BCUT2D eigenvalue weighted by atomic mass is 9.99. The Kier molecular flexibility index (Phi) is 9.97. The Bertz CT molecular complexity index is 2000. The number of fused-ring (bicyclic) bond motifs is 1. The van der Waals surface area contributed by atoms with Gasteiger partial charge in [0.15, 0.2) is 0 Å². The Hall–Kier alpha value is -4.74. The van der Waals surface area contributed by atoms with E-state index in [4.69, 9.17) is 5.73 Å². The van der Waals surface area contributed by atoms with E-state index in [-0.39, 0.29) is 12.8 Å². The maximum absolute atomic E-state index is 14.7. The van der Waals surface area contributed by atoms with Crippen molar-refractivity contribution in [3.05, 3.63) is 118 Å². The standard InChI is InChI=1S/C36H38N4O5S2/c1-5-47(44,45)40(32(34(37)41)20-29-21-38-31-9-7-6-8-30(29)31)36(43)33(39(4)35(42)28-17-23(2)16-24(3)18-28)19-25-10-12-26(13-11-25)27-14-15-46-22-27/h6-18,21-22,32-33,38H,5,19-20H2,1-4H3,(H2,37,41)/t32-,33-/m0/s1. The SMILES string of the molecule is CCS(=O)(=O)N(C(=O)[C@H](Cc1ccc(-c2ccsc2)cc1)N(C)C(=O)c1cc(C)cc(C)c1)[C@@H](Cc1c[nH]c2ccccc12)C(N)=O. The van der Waals surface area contributed by atoms with E-state index < -0.39 is 45.6 Å². The van der Waals surface area contributed by atoms with Gasteiger partial charge in [-0.05, 0) is 78.1 Å². The van der Waals surface area contributed by atoms with Crippen LogP contribution in [0.5, 0.6) is 0 Å². The number of benzene rings is 3. The molecular formula is C36H38N4O5S2. The number of aromatic amines is 1. The van der Waals surface area contributed by atoms with Gasteiger partial charge in [0.05, 0.1) is 5.75 Å². The number of nitrogens with zero attached hydrogens (tertiary/aromatic N) is 2. The van der Waals surface area contributed by atoms with Crippen LogP contribution in [0.25, 0.3) is 22.0 Å². The summed E-state index contributed by atoms with van der Waals surface area (Å²) in [4.78, 5) is 46.1. The van der Waals surface area contributed by atoms with Gasteiger partial charge in [-0.1, -0.05) is 59.7 Å². The van der Waals surface area contributed by atoms with Crippen LogP contribution >= 0.6 is 11.3 Å². The van der Waals surface area contributed by atoms with Gasteiger partial charge in [0.25, 0.3) is 11.8 Å². The predicted octanol–water partition coefficient (Wildman–Crippen LogP) is 5.47. The minimum absolute atomic E-state index is 0.00406. The molecule has 3 N–H and O–H groups in total. The van der Waals surface area contributed by atoms with Gasteiger partial charge in [0.1, 0.15) is 12.1 Å². The number of aryl methyl sites for hydroxylation is 2. The van der Waals surface area contributed by atoms with Crippen molar-refractivity contribution in [1.82, 2.24) is 14.2 Å². The lowest BCUT2D eigenvalue weighted by molar-refractivity contribution is -0.137. The van der Waals surface area contributed by atoms with Crippen molar-refractivity contribution in [2.75, 3.05) is 12.8 Å². The van der Waals surface area contributed by atoms with Gasteiger partial charge in [-0.15, -0.1) is 0 Å². The number of hydrogen-bond acceptors (Lipinski definition) is 6. The van der Waals surface area contributed by atoms with E-state index in [0.29, 0.717) is 21.0 Å². The normalized spacial score (nSPS) is 12.9. The molecule has 2 aromatic heterocycles. The van der Waals surface area contributed by atoms with Crippen LogP contribution in [-0.4, -0.2) is 65.2 Å². The molecule has 0 saturated carbocycles. The third kappa shape index (κ3) is 7.31. The summed E-state index contributed by atoms with van der Waals surface area (Å²) in [5, 5.41) is 4.80. The molecule has 0 spiro atoms. The fourth-order valence-corrected chi connectivity index (χ4v) is 7.80. The largest absolute Gasteiger partial charge is 0.368 e. The zero-order valence-corrected chi connectivity index (χ0v) is 28.4. The highest BCUT2D eigenvalue weighted by atomic mass is 32.2. The summed E-state index contributed by atoms with van der Waals surface area (Å²) in [6.45, 7) is 5.15. The van der Waals surface area contributed by atoms with E-state index in [2.05, 4.69) is 4.98 Å². The summed E-state index contributed by atoms with van der Waals surface area (Å²) in [6.07, 6.45) is 1.55. The van der Waals surface area contributed by atoms with Crippen LogP contribution < -0.4 is 5.73 Å². The fraction of sp³-hybridized carbons (Fsp3) is 0.250. The molecule has 9 nitrogen and oxygen atoms in total. The number of hydrogen-bond donors (Lipinski definition) is 2. The molecule has 0 aliphatic heterocycles. The first-order valence-electron chi connectivity index (χ1n) is 15.3. The minimum Gasteiger partial charge on any atom is -0.368 e. The maximum atomic E-state index is 14.7. The summed E-state index contributed by atoms with van der Waals surface area (Å²) < 4.78 is 28.1. The lowest BCUT2D eigenvalue weighted by Crippen LogP contribution is -2.59. The highest BCUT2D eigenvalue weighted by Crippen LogP contribution is 2.26. The number of H-pyrrole nitrogens is 1. The number of nitrogens with two attached hydrogens (primary N) is 1. The number of amides is 3. The van der Waals surface area contributed by atoms with Crippen molar-refractivity contribution in [1.29, 1.82) is 0 Å². The predicted molar refractivity (Wildman–Crippen MR) is 187 cm³/mol. The summed E-state index contributed by atoms with van der Waals surface area (Å²) >= 11 is 1.58. The van der Waals surface area contributed by atoms with Crippen molar-refractivity contribution in [2.24, 2.45) is 5.73 Å². The first-order valence-corrected chi connectivity index (χ1v) is 17.8. The highest BCUT2D eigenvalue weighted by molar-refractivity contribution is 7.89. The molecule has 0 saturated heterocycles. The average molecular weight is 671 g/mol. The number of para-hydroxylation sites is 1. The smallest absolute Gasteiger partial charge is 0.259 e. The molecule has 0 fully saturated rings. The summed E-state index contributed by atoms with van der Waals surface area (Å²) in [5.74, 6) is -2.78. The van der Waals surface area contributed by atoms with E-state index in [0.717, 1.165) is 33.2 Å². The quantitative estimate of drug-likeness (QED) is 0.182. The van der Waals surface area contributed by atoms with Gasteiger partial charge >= 0.3 is 0 Å². The Morgan fingerprint density at radius 2 is 1.57 bits per heavy atom. The van der Waals surface area contributed by atoms with Crippen LogP contribution in [-0.2, 0) is 32.5 Å². The monoisotopic (exact) mass is 670 g/mol.